The summed E-state index contributed by atoms with van der Waals surface area (Å²) in [6, 6.07) is 0. The highest BCUT2D eigenvalue weighted by Gasteiger charge is 2.33. The molecule has 3 nitrogen and oxygen atoms in total. The SMILES string of the molecule is CCCC(C)(OCCNCCC(=O)C(C)(CC)C(C)C)C(C)C. The first-order chi connectivity index (χ1) is 10.6. The van der Waals surface area contributed by atoms with Gasteiger partial charge in [-0.15, -0.1) is 0 Å². The van der Waals surface area contributed by atoms with Crippen molar-refractivity contribution in [2.45, 2.75) is 86.7 Å². The number of hydrogen-bond acceptors (Lipinski definition) is 3. The van der Waals surface area contributed by atoms with E-state index in [4.69, 9.17) is 4.74 Å². The van der Waals surface area contributed by atoms with Crippen LogP contribution in [-0.4, -0.2) is 31.1 Å². The van der Waals surface area contributed by atoms with E-state index in [1.807, 2.05) is 0 Å². The minimum absolute atomic E-state index is 0.0370. The molecular weight excluding hydrogens is 286 g/mol. The van der Waals surface area contributed by atoms with E-state index >= 15 is 0 Å². The second kappa shape index (κ2) is 10.5. The fourth-order valence-corrected chi connectivity index (χ4v) is 2.92. The fourth-order valence-electron chi connectivity index (χ4n) is 2.92. The Morgan fingerprint density at radius 1 is 1.04 bits per heavy atom. The third-order valence-electron chi connectivity index (χ3n) is 5.85. The third-order valence-corrected chi connectivity index (χ3v) is 5.85. The van der Waals surface area contributed by atoms with Crippen LogP contribution in [0.1, 0.15) is 81.1 Å². The summed E-state index contributed by atoms with van der Waals surface area (Å²) in [5.74, 6) is 1.28. The maximum absolute atomic E-state index is 12.4. The Bertz CT molecular complexity index is 341. The molecule has 0 aliphatic heterocycles. The molecule has 3 heteroatoms. The van der Waals surface area contributed by atoms with Gasteiger partial charge in [0.2, 0.25) is 0 Å². The Labute approximate surface area is 144 Å². The molecule has 0 aromatic carbocycles. The van der Waals surface area contributed by atoms with Crippen molar-refractivity contribution in [3.8, 4) is 0 Å². The van der Waals surface area contributed by atoms with E-state index < -0.39 is 0 Å². The molecule has 0 aliphatic rings. The minimum Gasteiger partial charge on any atom is -0.374 e. The zero-order valence-corrected chi connectivity index (χ0v) is 16.9. The van der Waals surface area contributed by atoms with Crippen molar-refractivity contribution in [1.29, 1.82) is 0 Å². The molecule has 0 aliphatic carbocycles. The molecule has 0 saturated heterocycles. The van der Waals surface area contributed by atoms with Crippen LogP contribution in [0.25, 0.3) is 0 Å². The van der Waals surface area contributed by atoms with Gasteiger partial charge >= 0.3 is 0 Å². The number of ether oxygens (including phenoxy) is 1. The molecule has 0 heterocycles. The van der Waals surface area contributed by atoms with Crippen LogP contribution in [0.3, 0.4) is 0 Å². The highest BCUT2D eigenvalue weighted by Crippen LogP contribution is 2.32. The highest BCUT2D eigenvalue weighted by atomic mass is 16.5. The summed E-state index contributed by atoms with van der Waals surface area (Å²) in [5, 5.41) is 3.36. The van der Waals surface area contributed by atoms with Crippen LogP contribution in [-0.2, 0) is 9.53 Å². The van der Waals surface area contributed by atoms with Crippen LogP contribution in [0, 0.1) is 17.3 Å². The van der Waals surface area contributed by atoms with Crippen molar-refractivity contribution in [2.24, 2.45) is 17.3 Å². The van der Waals surface area contributed by atoms with Gasteiger partial charge in [-0.25, -0.2) is 0 Å². The van der Waals surface area contributed by atoms with Crippen molar-refractivity contribution < 1.29 is 9.53 Å². The van der Waals surface area contributed by atoms with Gasteiger partial charge in [-0.3, -0.25) is 4.79 Å². The summed E-state index contributed by atoms with van der Waals surface area (Å²) in [6.45, 7) is 19.6. The lowest BCUT2D eigenvalue weighted by atomic mass is 9.72. The third kappa shape index (κ3) is 6.93. The molecule has 1 N–H and O–H groups in total. The van der Waals surface area contributed by atoms with Crippen molar-refractivity contribution in [2.75, 3.05) is 19.7 Å². The predicted octanol–water partition coefficient (Wildman–Crippen LogP) is 4.84. The van der Waals surface area contributed by atoms with Crippen molar-refractivity contribution >= 4 is 5.78 Å². The Morgan fingerprint density at radius 3 is 2.09 bits per heavy atom. The second-order valence-corrected chi connectivity index (χ2v) is 7.91. The Hall–Kier alpha value is -0.410. The van der Waals surface area contributed by atoms with Gasteiger partial charge < -0.3 is 10.1 Å². The summed E-state index contributed by atoms with van der Waals surface area (Å²) >= 11 is 0. The molecule has 0 saturated carbocycles. The average molecular weight is 328 g/mol. The standard InChI is InChI=1S/C20H41NO2/c1-9-12-20(8,17(5)6)23-15-14-21-13-11-18(22)19(7,10-2)16(3)4/h16-17,21H,9-15H2,1-8H3. The van der Waals surface area contributed by atoms with Gasteiger partial charge in [0.1, 0.15) is 5.78 Å². The van der Waals surface area contributed by atoms with E-state index in [9.17, 15) is 4.79 Å². The maximum atomic E-state index is 12.4. The maximum Gasteiger partial charge on any atom is 0.140 e. The lowest BCUT2D eigenvalue weighted by Gasteiger charge is -2.34. The lowest BCUT2D eigenvalue weighted by molar-refractivity contribution is -0.130. The quantitative estimate of drug-likeness (QED) is 0.492. The van der Waals surface area contributed by atoms with Crippen molar-refractivity contribution in [3.63, 3.8) is 0 Å². The molecule has 0 rings (SSSR count). The molecule has 0 amide bonds. The van der Waals surface area contributed by atoms with Gasteiger partial charge in [-0.2, -0.15) is 0 Å². The van der Waals surface area contributed by atoms with Crippen LogP contribution in [0.4, 0.5) is 0 Å². The molecule has 23 heavy (non-hydrogen) atoms. The van der Waals surface area contributed by atoms with Crippen LogP contribution in [0.15, 0.2) is 0 Å². The van der Waals surface area contributed by atoms with Gasteiger partial charge in [0.15, 0.2) is 0 Å². The first-order valence-corrected chi connectivity index (χ1v) is 9.52. The van der Waals surface area contributed by atoms with Gasteiger partial charge in [0.05, 0.1) is 12.2 Å². The zero-order chi connectivity index (χ0) is 18.1. The van der Waals surface area contributed by atoms with E-state index in [0.29, 0.717) is 30.6 Å². The number of carbonyl (C=O) groups excluding carboxylic acids is 1. The summed E-state index contributed by atoms with van der Waals surface area (Å²) < 4.78 is 6.12. The molecule has 2 atom stereocenters. The topological polar surface area (TPSA) is 38.3 Å². The number of ketones is 1. The van der Waals surface area contributed by atoms with Crippen LogP contribution in [0.5, 0.6) is 0 Å². The van der Waals surface area contributed by atoms with E-state index in [1.165, 1.54) is 0 Å². The largest absolute Gasteiger partial charge is 0.374 e. The molecule has 0 aromatic heterocycles. The Morgan fingerprint density at radius 2 is 1.65 bits per heavy atom. The van der Waals surface area contributed by atoms with Crippen LogP contribution >= 0.6 is 0 Å². The van der Waals surface area contributed by atoms with Gasteiger partial charge in [0.25, 0.3) is 0 Å². The smallest absolute Gasteiger partial charge is 0.140 e. The molecule has 0 bridgehead atoms. The minimum atomic E-state index is -0.185. The zero-order valence-electron chi connectivity index (χ0n) is 16.9. The number of nitrogens with one attached hydrogen (secondary N) is 1. The molecule has 0 spiro atoms. The molecule has 0 aromatic rings. The molecular formula is C20H41NO2. The normalized spacial score (nSPS) is 17.3. The first-order valence-electron chi connectivity index (χ1n) is 9.52. The number of carbonyl (C=O) groups is 1. The summed E-state index contributed by atoms with van der Waals surface area (Å²) in [4.78, 5) is 12.4. The number of Topliss-reactive ketones (excluding diaryl/α,β-unsaturated/α-hetero) is 1. The predicted molar refractivity (Wildman–Crippen MR) is 99.8 cm³/mol. The summed E-state index contributed by atoms with van der Waals surface area (Å²) in [6.07, 6.45) is 3.75. The molecule has 0 radical (unpaired) electrons. The number of rotatable bonds is 13. The highest BCUT2D eigenvalue weighted by molar-refractivity contribution is 5.84. The van der Waals surface area contributed by atoms with Gasteiger partial charge in [0, 0.05) is 24.9 Å². The van der Waals surface area contributed by atoms with Gasteiger partial charge in [-0.05, 0) is 31.6 Å². The average Bonchev–Trinajstić information content (AvgIpc) is 2.49. The summed E-state index contributed by atoms with van der Waals surface area (Å²) in [7, 11) is 0. The molecule has 0 fully saturated rings. The van der Waals surface area contributed by atoms with E-state index in [1.54, 1.807) is 0 Å². The van der Waals surface area contributed by atoms with E-state index in [2.05, 4.69) is 60.7 Å². The van der Waals surface area contributed by atoms with Crippen LogP contribution in [0.2, 0.25) is 0 Å². The summed E-state index contributed by atoms with van der Waals surface area (Å²) in [5.41, 5.74) is -0.222. The van der Waals surface area contributed by atoms with E-state index in [-0.39, 0.29) is 11.0 Å². The second-order valence-electron chi connectivity index (χ2n) is 7.91. The van der Waals surface area contributed by atoms with E-state index in [0.717, 1.165) is 32.4 Å². The van der Waals surface area contributed by atoms with Crippen LogP contribution < -0.4 is 5.32 Å². The lowest BCUT2D eigenvalue weighted by Crippen LogP contribution is -2.38. The van der Waals surface area contributed by atoms with Crippen molar-refractivity contribution in [3.05, 3.63) is 0 Å². The Kier molecular flexibility index (Phi) is 10.3. The monoisotopic (exact) mass is 327 g/mol. The number of hydrogen-bond donors (Lipinski definition) is 1. The van der Waals surface area contributed by atoms with Gasteiger partial charge in [-0.1, -0.05) is 54.9 Å². The van der Waals surface area contributed by atoms with Crippen molar-refractivity contribution in [1.82, 2.24) is 5.32 Å². The molecule has 138 valence electrons. The molecule has 2 unspecified atom stereocenters. The Balaban J connectivity index is 4.08. The fraction of sp³-hybridized carbons (Fsp3) is 0.950. The first kappa shape index (κ1) is 22.6.